The molecule has 2 heterocycles. The first-order valence-electron chi connectivity index (χ1n) is 9.43. The molecule has 4 fully saturated rings. The highest BCUT2D eigenvalue weighted by Gasteiger charge is 2.45. The van der Waals surface area contributed by atoms with Crippen LogP contribution >= 0.6 is 48.0 Å². The van der Waals surface area contributed by atoms with Crippen LogP contribution in [0.1, 0.15) is 64.2 Å². The van der Waals surface area contributed by atoms with E-state index in [0.29, 0.717) is 18.5 Å². The molecule has 8 heteroatoms. The van der Waals surface area contributed by atoms with Crippen molar-refractivity contribution in [2.45, 2.75) is 76.3 Å². The van der Waals surface area contributed by atoms with Crippen LogP contribution in [0.2, 0.25) is 0 Å². The van der Waals surface area contributed by atoms with E-state index in [1.165, 1.54) is 36.4 Å². The van der Waals surface area contributed by atoms with Gasteiger partial charge in [-0.3, -0.25) is 19.4 Å². The number of hydrogen-bond acceptors (Lipinski definition) is 6. The highest BCUT2D eigenvalue weighted by Crippen LogP contribution is 2.45. The zero-order valence-corrected chi connectivity index (χ0v) is 17.8. The maximum atomic E-state index is 13.1. The quantitative estimate of drug-likeness (QED) is 0.475. The molecule has 0 aromatic carbocycles. The van der Waals surface area contributed by atoms with Crippen molar-refractivity contribution in [2.24, 2.45) is 0 Å². The first-order valence-corrected chi connectivity index (χ1v) is 11.9. The Morgan fingerprint density at radius 1 is 0.654 bits per heavy atom. The van der Waals surface area contributed by atoms with Crippen LogP contribution in [0.15, 0.2) is 9.81 Å². The van der Waals surface area contributed by atoms with Gasteiger partial charge in [0, 0.05) is 12.1 Å². The monoisotopic (exact) mass is 426 g/mol. The zero-order valence-electron chi connectivity index (χ0n) is 14.6. The summed E-state index contributed by atoms with van der Waals surface area (Å²) < 4.78 is 1.19. The van der Waals surface area contributed by atoms with Crippen molar-refractivity contribution >= 4 is 68.4 Å². The Kier molecular flexibility index (Phi) is 5.74. The first-order chi connectivity index (χ1) is 12.6. The van der Waals surface area contributed by atoms with Crippen LogP contribution < -0.4 is 0 Å². The Morgan fingerprint density at radius 2 is 1.00 bits per heavy atom. The molecule has 2 saturated heterocycles. The Balaban J connectivity index is 1.58. The maximum Gasteiger partial charge on any atom is 0.267 e. The van der Waals surface area contributed by atoms with E-state index in [1.807, 2.05) is 0 Å². The second-order valence-corrected chi connectivity index (χ2v) is 10.6. The molecule has 26 heavy (non-hydrogen) atoms. The lowest BCUT2D eigenvalue weighted by molar-refractivity contribution is -0.126. The van der Waals surface area contributed by atoms with Crippen LogP contribution in [-0.2, 0) is 9.59 Å². The highest BCUT2D eigenvalue weighted by atomic mass is 32.2. The minimum absolute atomic E-state index is 0.0870. The standard InChI is InChI=1S/C18H22N2O2S4/c21-15-13(25-17(23)19(15)11-7-3-1-4-8-11)14-16(22)20(18(24)26-14)12-9-5-2-6-10-12/h11-12H,1-10H2/b14-13+. The summed E-state index contributed by atoms with van der Waals surface area (Å²) in [7, 11) is 0. The predicted octanol–water partition coefficient (Wildman–Crippen LogP) is 4.58. The van der Waals surface area contributed by atoms with Crippen molar-refractivity contribution in [3.05, 3.63) is 9.81 Å². The average Bonchev–Trinajstić information content (AvgIpc) is 3.11. The van der Waals surface area contributed by atoms with Crippen LogP contribution in [0.25, 0.3) is 0 Å². The Hall–Kier alpha value is -0.440. The topological polar surface area (TPSA) is 40.6 Å². The lowest BCUT2D eigenvalue weighted by Crippen LogP contribution is -2.40. The summed E-state index contributed by atoms with van der Waals surface area (Å²) in [5.74, 6) is -0.174. The number of nitrogens with zero attached hydrogens (tertiary/aromatic N) is 2. The lowest BCUT2D eigenvalue weighted by Gasteiger charge is -2.30. The molecule has 4 rings (SSSR count). The van der Waals surface area contributed by atoms with Crippen LogP contribution in [0.3, 0.4) is 0 Å². The smallest absolute Gasteiger partial charge is 0.267 e. The van der Waals surface area contributed by atoms with Gasteiger partial charge < -0.3 is 0 Å². The number of carbonyl (C=O) groups excluding carboxylic acids is 2. The van der Waals surface area contributed by atoms with Gasteiger partial charge in [0.1, 0.15) is 8.64 Å². The van der Waals surface area contributed by atoms with E-state index in [2.05, 4.69) is 0 Å². The second kappa shape index (κ2) is 7.89. The summed E-state index contributed by atoms with van der Waals surface area (Å²) in [6.45, 7) is 0. The van der Waals surface area contributed by atoms with E-state index < -0.39 is 0 Å². The molecule has 140 valence electrons. The molecule has 0 atom stereocenters. The molecule has 4 nitrogen and oxygen atoms in total. The molecule has 2 saturated carbocycles. The van der Waals surface area contributed by atoms with Gasteiger partial charge in [0.15, 0.2) is 0 Å². The lowest BCUT2D eigenvalue weighted by atomic mass is 9.94. The maximum absolute atomic E-state index is 13.1. The van der Waals surface area contributed by atoms with Gasteiger partial charge in [0.25, 0.3) is 11.8 Å². The first kappa shape index (κ1) is 18.9. The summed E-state index contributed by atoms with van der Waals surface area (Å²) in [6.07, 6.45) is 11.0. The van der Waals surface area contributed by atoms with Crippen molar-refractivity contribution in [2.75, 3.05) is 0 Å². The van der Waals surface area contributed by atoms with Gasteiger partial charge in [-0.2, -0.15) is 0 Å². The molecule has 0 unspecified atom stereocenters. The molecule has 0 N–H and O–H groups in total. The number of rotatable bonds is 2. The number of amides is 2. The van der Waals surface area contributed by atoms with Gasteiger partial charge in [-0.1, -0.05) is 86.5 Å². The molecule has 0 aromatic rings. The van der Waals surface area contributed by atoms with E-state index in [4.69, 9.17) is 24.4 Å². The molecule has 0 aromatic heterocycles. The minimum Gasteiger partial charge on any atom is -0.290 e. The van der Waals surface area contributed by atoms with Gasteiger partial charge in [-0.25, -0.2) is 0 Å². The summed E-state index contributed by atoms with van der Waals surface area (Å²) in [4.78, 5) is 30.7. The zero-order chi connectivity index (χ0) is 18.3. The summed E-state index contributed by atoms with van der Waals surface area (Å²) >= 11 is 13.6. The molecule has 4 aliphatic rings. The van der Waals surface area contributed by atoms with Crippen LogP contribution in [0.5, 0.6) is 0 Å². The number of hydrogen-bond donors (Lipinski definition) is 0. The third-order valence-corrected chi connectivity index (χ3v) is 8.62. The number of carbonyl (C=O) groups is 2. The molecule has 0 bridgehead atoms. The second-order valence-electron chi connectivity index (χ2n) is 7.33. The molecule has 0 spiro atoms. The molecule has 2 aliphatic heterocycles. The van der Waals surface area contributed by atoms with E-state index in [9.17, 15) is 9.59 Å². The van der Waals surface area contributed by atoms with Crippen molar-refractivity contribution in [3.8, 4) is 0 Å². The number of thiocarbonyl (C=S) groups is 2. The molecular formula is C18H22N2O2S4. The fourth-order valence-electron chi connectivity index (χ4n) is 4.34. The average molecular weight is 427 g/mol. The summed E-state index contributed by atoms with van der Waals surface area (Å²) in [5, 5.41) is 0. The van der Waals surface area contributed by atoms with Crippen molar-refractivity contribution in [1.29, 1.82) is 0 Å². The minimum atomic E-state index is -0.0870. The molecule has 2 aliphatic carbocycles. The number of thioether (sulfide) groups is 2. The van der Waals surface area contributed by atoms with Crippen molar-refractivity contribution in [1.82, 2.24) is 9.80 Å². The largest absolute Gasteiger partial charge is 0.290 e. The van der Waals surface area contributed by atoms with Crippen molar-refractivity contribution in [3.63, 3.8) is 0 Å². The third-order valence-electron chi connectivity index (χ3n) is 5.68. The Morgan fingerprint density at radius 3 is 1.35 bits per heavy atom. The van der Waals surface area contributed by atoms with Crippen LogP contribution in [-0.4, -0.2) is 42.3 Å². The fraction of sp³-hybridized carbons (Fsp3) is 0.667. The van der Waals surface area contributed by atoms with E-state index >= 15 is 0 Å². The Bertz CT molecular complexity index is 635. The highest BCUT2D eigenvalue weighted by molar-refractivity contribution is 8.29. The predicted molar refractivity (Wildman–Crippen MR) is 115 cm³/mol. The molecular weight excluding hydrogens is 404 g/mol. The van der Waals surface area contributed by atoms with Gasteiger partial charge in [-0.15, -0.1) is 0 Å². The van der Waals surface area contributed by atoms with Gasteiger partial charge in [0.2, 0.25) is 0 Å². The molecule has 0 radical (unpaired) electrons. The third kappa shape index (κ3) is 3.38. The normalized spacial score (nSPS) is 29.4. The summed E-state index contributed by atoms with van der Waals surface area (Å²) in [6, 6.07) is 0.384. The van der Waals surface area contributed by atoms with Gasteiger partial charge in [-0.05, 0) is 25.7 Å². The van der Waals surface area contributed by atoms with Gasteiger partial charge in [0.05, 0.1) is 9.81 Å². The van der Waals surface area contributed by atoms with Crippen LogP contribution in [0, 0.1) is 0 Å². The van der Waals surface area contributed by atoms with E-state index in [-0.39, 0.29) is 23.9 Å². The summed E-state index contributed by atoms with van der Waals surface area (Å²) in [5.41, 5.74) is 0. The van der Waals surface area contributed by atoms with E-state index in [0.717, 1.165) is 51.4 Å². The van der Waals surface area contributed by atoms with E-state index in [1.54, 1.807) is 9.80 Å². The fourth-order valence-corrected chi connectivity index (χ4v) is 7.30. The SMILES string of the molecule is O=C1/C(=C2\SC(=S)N(C3CCCCC3)C2=O)SC(=S)N1C1CCCCC1. The Labute approximate surface area is 173 Å². The van der Waals surface area contributed by atoms with Crippen molar-refractivity contribution < 1.29 is 9.59 Å². The molecule has 2 amide bonds. The van der Waals surface area contributed by atoms with Crippen LogP contribution in [0.4, 0.5) is 0 Å². The van der Waals surface area contributed by atoms with Gasteiger partial charge >= 0.3 is 0 Å².